The van der Waals surface area contributed by atoms with Crippen LogP contribution in [-0.4, -0.2) is 18.3 Å². The van der Waals surface area contributed by atoms with Crippen molar-refractivity contribution in [2.45, 2.75) is 20.8 Å². The van der Waals surface area contributed by atoms with Crippen LogP contribution in [0.2, 0.25) is 0 Å². The van der Waals surface area contributed by atoms with Crippen LogP contribution in [0.4, 0.5) is 0 Å². The average Bonchev–Trinajstić information content (AvgIpc) is 2.20. The van der Waals surface area contributed by atoms with E-state index < -0.39 is 0 Å². The van der Waals surface area contributed by atoms with E-state index in [2.05, 4.69) is 0 Å². The molecule has 0 amide bonds. The first-order chi connectivity index (χ1) is 6.69. The summed E-state index contributed by atoms with van der Waals surface area (Å²) in [5, 5.41) is 9.06. The highest BCUT2D eigenvalue weighted by atomic mass is 16.5. The summed E-state index contributed by atoms with van der Waals surface area (Å²) in [5.41, 5.74) is 2.25. The number of ether oxygens (including phenoxy) is 1. The van der Waals surface area contributed by atoms with Crippen molar-refractivity contribution in [2.75, 3.05) is 13.2 Å². The molecular formula is C12H17O2. The van der Waals surface area contributed by atoms with Crippen molar-refractivity contribution in [3.8, 4) is 5.75 Å². The predicted molar refractivity (Wildman–Crippen MR) is 57.5 cm³/mol. The standard InChI is InChI=1S/C12H17O2/c1-4-14-11-6-5-9(2)12(7-11)10(3)8-13/h5-7,13H,4,8H2,1-3H3. The molecule has 2 heteroatoms. The Morgan fingerprint density at radius 1 is 1.43 bits per heavy atom. The fraction of sp³-hybridized carbons (Fsp3) is 0.417. The average molecular weight is 193 g/mol. The Morgan fingerprint density at radius 3 is 2.71 bits per heavy atom. The molecule has 0 heterocycles. The molecule has 14 heavy (non-hydrogen) atoms. The lowest BCUT2D eigenvalue weighted by Gasteiger charge is -2.13. The number of aryl methyl sites for hydroxylation is 1. The fourth-order valence-electron chi connectivity index (χ4n) is 1.40. The van der Waals surface area contributed by atoms with Gasteiger partial charge in [-0.25, -0.2) is 0 Å². The zero-order valence-electron chi connectivity index (χ0n) is 9.00. The molecule has 1 aromatic carbocycles. The van der Waals surface area contributed by atoms with Gasteiger partial charge in [0.1, 0.15) is 5.75 Å². The van der Waals surface area contributed by atoms with E-state index in [0.29, 0.717) is 6.61 Å². The molecule has 0 unspecified atom stereocenters. The van der Waals surface area contributed by atoms with Gasteiger partial charge in [0.2, 0.25) is 0 Å². The molecule has 0 atom stereocenters. The van der Waals surface area contributed by atoms with E-state index in [-0.39, 0.29) is 6.61 Å². The summed E-state index contributed by atoms with van der Waals surface area (Å²) in [6, 6.07) is 5.94. The van der Waals surface area contributed by atoms with Crippen LogP contribution in [0.5, 0.6) is 5.75 Å². The molecule has 0 saturated carbocycles. The van der Waals surface area contributed by atoms with Crippen molar-refractivity contribution in [1.29, 1.82) is 0 Å². The zero-order valence-corrected chi connectivity index (χ0v) is 9.00. The van der Waals surface area contributed by atoms with Crippen LogP contribution in [0.3, 0.4) is 0 Å². The highest BCUT2D eigenvalue weighted by Gasteiger charge is 2.08. The number of rotatable bonds is 4. The van der Waals surface area contributed by atoms with Crippen LogP contribution in [-0.2, 0) is 0 Å². The lowest BCUT2D eigenvalue weighted by Crippen LogP contribution is -2.03. The summed E-state index contributed by atoms with van der Waals surface area (Å²) >= 11 is 0. The van der Waals surface area contributed by atoms with Gasteiger partial charge in [0.05, 0.1) is 13.2 Å². The summed E-state index contributed by atoms with van der Waals surface area (Å²) in [6.07, 6.45) is 0. The van der Waals surface area contributed by atoms with Gasteiger partial charge in [-0.15, -0.1) is 0 Å². The summed E-state index contributed by atoms with van der Waals surface area (Å²) in [4.78, 5) is 0. The van der Waals surface area contributed by atoms with Crippen LogP contribution in [0.1, 0.15) is 25.0 Å². The van der Waals surface area contributed by atoms with E-state index in [1.165, 1.54) is 5.56 Å². The topological polar surface area (TPSA) is 29.5 Å². The van der Waals surface area contributed by atoms with Gasteiger partial charge in [0, 0.05) is 5.92 Å². The van der Waals surface area contributed by atoms with Crippen molar-refractivity contribution in [3.63, 3.8) is 0 Å². The minimum Gasteiger partial charge on any atom is -0.494 e. The van der Waals surface area contributed by atoms with E-state index in [1.807, 2.05) is 39.0 Å². The largest absolute Gasteiger partial charge is 0.494 e. The maximum absolute atomic E-state index is 9.06. The summed E-state index contributed by atoms with van der Waals surface area (Å²) < 4.78 is 5.40. The van der Waals surface area contributed by atoms with E-state index >= 15 is 0 Å². The Hall–Kier alpha value is -1.02. The summed E-state index contributed by atoms with van der Waals surface area (Å²) in [7, 11) is 0. The summed E-state index contributed by atoms with van der Waals surface area (Å²) in [5.74, 6) is 1.84. The quantitative estimate of drug-likeness (QED) is 0.795. The second-order valence-electron chi connectivity index (χ2n) is 3.35. The van der Waals surface area contributed by atoms with Crippen molar-refractivity contribution in [2.24, 2.45) is 0 Å². The van der Waals surface area contributed by atoms with Crippen molar-refractivity contribution in [1.82, 2.24) is 0 Å². The van der Waals surface area contributed by atoms with Crippen LogP contribution >= 0.6 is 0 Å². The molecule has 0 bridgehead atoms. The van der Waals surface area contributed by atoms with Gasteiger partial charge in [-0.3, -0.25) is 0 Å². The van der Waals surface area contributed by atoms with E-state index in [0.717, 1.165) is 17.2 Å². The van der Waals surface area contributed by atoms with E-state index in [1.54, 1.807) is 0 Å². The van der Waals surface area contributed by atoms with Gasteiger partial charge in [-0.1, -0.05) is 13.0 Å². The Morgan fingerprint density at radius 2 is 2.14 bits per heavy atom. The minimum absolute atomic E-state index is 0.0937. The molecule has 0 saturated heterocycles. The lowest BCUT2D eigenvalue weighted by molar-refractivity contribution is 0.314. The normalized spacial score (nSPS) is 10.6. The first kappa shape index (κ1) is 11.1. The molecule has 2 nitrogen and oxygen atoms in total. The first-order valence-corrected chi connectivity index (χ1v) is 4.86. The number of aliphatic hydroxyl groups is 1. The van der Waals surface area contributed by atoms with Crippen molar-refractivity contribution in [3.05, 3.63) is 35.2 Å². The third-order valence-electron chi connectivity index (χ3n) is 2.22. The molecule has 0 spiro atoms. The van der Waals surface area contributed by atoms with Gasteiger partial charge in [0.25, 0.3) is 0 Å². The Balaban J connectivity index is 2.95. The molecule has 1 aromatic rings. The molecule has 0 aliphatic carbocycles. The molecule has 0 aromatic heterocycles. The Kier molecular flexibility index (Phi) is 3.96. The van der Waals surface area contributed by atoms with Gasteiger partial charge < -0.3 is 9.84 Å². The zero-order chi connectivity index (χ0) is 10.6. The third-order valence-corrected chi connectivity index (χ3v) is 2.22. The van der Waals surface area contributed by atoms with E-state index in [9.17, 15) is 0 Å². The smallest absolute Gasteiger partial charge is 0.119 e. The second-order valence-corrected chi connectivity index (χ2v) is 3.35. The van der Waals surface area contributed by atoms with Gasteiger partial charge in [-0.05, 0) is 37.1 Å². The van der Waals surface area contributed by atoms with Crippen LogP contribution in [0, 0.1) is 12.8 Å². The molecule has 1 radical (unpaired) electrons. The predicted octanol–water partition coefficient (Wildman–Crippen LogP) is 2.33. The molecule has 1 rings (SSSR count). The van der Waals surface area contributed by atoms with Gasteiger partial charge in [0.15, 0.2) is 0 Å². The van der Waals surface area contributed by atoms with Crippen LogP contribution in [0.25, 0.3) is 0 Å². The SMILES string of the molecule is CCOc1ccc(C)c([C](C)CO)c1. The van der Waals surface area contributed by atoms with Gasteiger partial charge >= 0.3 is 0 Å². The number of hydrogen-bond donors (Lipinski definition) is 1. The molecule has 77 valence electrons. The number of aliphatic hydroxyl groups excluding tert-OH is 1. The highest BCUT2D eigenvalue weighted by Crippen LogP contribution is 2.23. The summed E-state index contributed by atoms with van der Waals surface area (Å²) in [6.45, 7) is 6.68. The molecule has 0 aliphatic rings. The minimum atomic E-state index is 0.0937. The third kappa shape index (κ3) is 2.48. The van der Waals surface area contributed by atoms with Crippen LogP contribution in [0.15, 0.2) is 18.2 Å². The first-order valence-electron chi connectivity index (χ1n) is 4.86. The molecule has 0 aliphatic heterocycles. The van der Waals surface area contributed by atoms with E-state index in [4.69, 9.17) is 9.84 Å². The number of hydrogen-bond acceptors (Lipinski definition) is 2. The molecule has 0 fully saturated rings. The Labute approximate surface area is 85.5 Å². The molecule has 1 N–H and O–H groups in total. The Bertz CT molecular complexity index is 294. The number of benzene rings is 1. The fourth-order valence-corrected chi connectivity index (χ4v) is 1.40. The van der Waals surface area contributed by atoms with Crippen molar-refractivity contribution >= 4 is 0 Å². The van der Waals surface area contributed by atoms with Crippen molar-refractivity contribution < 1.29 is 9.84 Å². The molecular weight excluding hydrogens is 176 g/mol. The monoisotopic (exact) mass is 193 g/mol. The maximum Gasteiger partial charge on any atom is 0.119 e. The maximum atomic E-state index is 9.06. The van der Waals surface area contributed by atoms with Crippen LogP contribution < -0.4 is 4.74 Å². The highest BCUT2D eigenvalue weighted by molar-refractivity contribution is 5.42. The second kappa shape index (κ2) is 5.01. The lowest BCUT2D eigenvalue weighted by atomic mass is 9.97. The van der Waals surface area contributed by atoms with Gasteiger partial charge in [-0.2, -0.15) is 0 Å².